The molecule has 1 aliphatic rings. The van der Waals surface area contributed by atoms with E-state index in [-0.39, 0.29) is 0 Å². The molecule has 14 heavy (non-hydrogen) atoms. The molecule has 0 atom stereocenters. The lowest BCUT2D eigenvalue weighted by atomic mass is 9.82. The van der Waals surface area contributed by atoms with E-state index in [4.69, 9.17) is 5.73 Å². The quantitative estimate of drug-likeness (QED) is 0.687. The van der Waals surface area contributed by atoms with Gasteiger partial charge in [-0.15, -0.1) is 0 Å². The third-order valence-corrected chi connectivity index (χ3v) is 4.05. The minimum atomic E-state index is 0.350. The number of hydrogen-bond acceptors (Lipinski definition) is 2. The van der Waals surface area contributed by atoms with E-state index in [9.17, 15) is 0 Å². The molecule has 0 aromatic rings. The van der Waals surface area contributed by atoms with Gasteiger partial charge in [0.1, 0.15) is 0 Å². The van der Waals surface area contributed by atoms with Crippen molar-refractivity contribution in [1.82, 2.24) is 5.32 Å². The van der Waals surface area contributed by atoms with Gasteiger partial charge in [-0.25, -0.2) is 0 Å². The van der Waals surface area contributed by atoms with Crippen molar-refractivity contribution in [2.45, 2.75) is 58.4 Å². The van der Waals surface area contributed by atoms with Gasteiger partial charge < -0.3 is 11.1 Å². The monoisotopic (exact) mass is 198 g/mol. The largest absolute Gasteiger partial charge is 0.330 e. The maximum Gasteiger partial charge on any atom is 0.00673 e. The Hall–Kier alpha value is -0.0800. The average Bonchev–Trinajstić information content (AvgIpc) is 2.74. The van der Waals surface area contributed by atoms with E-state index in [1.165, 1.54) is 38.5 Å². The van der Waals surface area contributed by atoms with Crippen LogP contribution >= 0.6 is 0 Å². The summed E-state index contributed by atoms with van der Waals surface area (Å²) in [6, 6.07) is 0.777. The van der Waals surface area contributed by atoms with Gasteiger partial charge in [-0.3, -0.25) is 0 Å². The lowest BCUT2D eigenvalue weighted by Crippen LogP contribution is -2.42. The first kappa shape index (κ1) is 12.0. The lowest BCUT2D eigenvalue weighted by molar-refractivity contribution is 0.247. The van der Waals surface area contributed by atoms with Crippen molar-refractivity contribution in [3.63, 3.8) is 0 Å². The Balaban J connectivity index is 2.31. The molecule has 3 N–H and O–H groups in total. The van der Waals surface area contributed by atoms with E-state index in [2.05, 4.69) is 19.2 Å². The fourth-order valence-corrected chi connectivity index (χ4v) is 2.35. The van der Waals surface area contributed by atoms with E-state index in [1.54, 1.807) is 0 Å². The highest BCUT2D eigenvalue weighted by Crippen LogP contribution is 2.25. The first-order valence-electron chi connectivity index (χ1n) is 6.20. The van der Waals surface area contributed by atoms with Crippen molar-refractivity contribution in [2.75, 3.05) is 13.1 Å². The Labute approximate surface area is 88.6 Å². The summed E-state index contributed by atoms with van der Waals surface area (Å²) in [5.74, 6) is 0. The van der Waals surface area contributed by atoms with Crippen LogP contribution in [0.15, 0.2) is 0 Å². The molecule has 0 saturated heterocycles. The molecule has 2 nitrogen and oxygen atoms in total. The fourth-order valence-electron chi connectivity index (χ4n) is 2.35. The van der Waals surface area contributed by atoms with Crippen LogP contribution in [0.4, 0.5) is 0 Å². The van der Waals surface area contributed by atoms with Gasteiger partial charge in [-0.1, -0.05) is 26.7 Å². The van der Waals surface area contributed by atoms with Gasteiger partial charge in [0.25, 0.3) is 0 Å². The summed E-state index contributed by atoms with van der Waals surface area (Å²) in [5, 5.41) is 3.70. The van der Waals surface area contributed by atoms with E-state index in [1.807, 2.05) is 0 Å². The highest BCUT2D eigenvalue weighted by atomic mass is 14.9. The summed E-state index contributed by atoms with van der Waals surface area (Å²) in [6.45, 7) is 6.44. The SMILES string of the molecule is CCC(CC)(CN)CNC1CCCC1. The molecule has 84 valence electrons. The molecule has 0 radical (unpaired) electrons. The minimum absolute atomic E-state index is 0.350. The summed E-state index contributed by atoms with van der Waals surface area (Å²) in [4.78, 5) is 0. The van der Waals surface area contributed by atoms with E-state index in [0.717, 1.165) is 19.1 Å². The first-order valence-corrected chi connectivity index (χ1v) is 6.20. The van der Waals surface area contributed by atoms with Crippen molar-refractivity contribution >= 4 is 0 Å². The second-order valence-corrected chi connectivity index (χ2v) is 4.77. The van der Waals surface area contributed by atoms with Crippen LogP contribution < -0.4 is 11.1 Å². The smallest absolute Gasteiger partial charge is 0.00673 e. The van der Waals surface area contributed by atoms with Crippen LogP contribution in [-0.2, 0) is 0 Å². The van der Waals surface area contributed by atoms with Gasteiger partial charge in [0, 0.05) is 12.6 Å². The molecule has 0 aliphatic heterocycles. The van der Waals surface area contributed by atoms with Crippen molar-refractivity contribution in [1.29, 1.82) is 0 Å². The van der Waals surface area contributed by atoms with Crippen LogP contribution in [0.25, 0.3) is 0 Å². The summed E-state index contributed by atoms with van der Waals surface area (Å²) < 4.78 is 0. The Morgan fingerprint density at radius 2 is 1.79 bits per heavy atom. The number of hydrogen-bond donors (Lipinski definition) is 2. The van der Waals surface area contributed by atoms with Crippen molar-refractivity contribution in [2.24, 2.45) is 11.1 Å². The van der Waals surface area contributed by atoms with Crippen molar-refractivity contribution in [3.05, 3.63) is 0 Å². The van der Waals surface area contributed by atoms with Crippen LogP contribution in [0.2, 0.25) is 0 Å². The molecule has 0 aromatic carbocycles. The Kier molecular flexibility index (Phi) is 4.90. The maximum absolute atomic E-state index is 5.87. The van der Waals surface area contributed by atoms with Gasteiger partial charge in [0.2, 0.25) is 0 Å². The van der Waals surface area contributed by atoms with Crippen LogP contribution in [0.3, 0.4) is 0 Å². The number of rotatable bonds is 6. The van der Waals surface area contributed by atoms with Crippen LogP contribution in [-0.4, -0.2) is 19.1 Å². The molecule has 1 saturated carbocycles. The Morgan fingerprint density at radius 1 is 1.21 bits per heavy atom. The van der Waals surface area contributed by atoms with Gasteiger partial charge in [0.05, 0.1) is 0 Å². The molecule has 0 aromatic heterocycles. The zero-order chi connectivity index (χ0) is 10.4. The number of nitrogens with one attached hydrogen (secondary N) is 1. The fraction of sp³-hybridized carbons (Fsp3) is 1.00. The Bertz CT molecular complexity index is 138. The minimum Gasteiger partial charge on any atom is -0.330 e. The standard InChI is InChI=1S/C12H26N2/c1-3-12(4-2,9-13)10-14-11-7-5-6-8-11/h11,14H,3-10,13H2,1-2H3. The predicted octanol–water partition coefficient (Wildman–Crippen LogP) is 2.28. The summed E-state index contributed by atoms with van der Waals surface area (Å²) in [7, 11) is 0. The van der Waals surface area contributed by atoms with Crippen LogP contribution in [0, 0.1) is 5.41 Å². The van der Waals surface area contributed by atoms with Crippen molar-refractivity contribution < 1.29 is 0 Å². The second kappa shape index (κ2) is 5.72. The van der Waals surface area contributed by atoms with E-state index < -0.39 is 0 Å². The van der Waals surface area contributed by atoms with Crippen LogP contribution in [0.1, 0.15) is 52.4 Å². The molecule has 0 unspecified atom stereocenters. The maximum atomic E-state index is 5.87. The highest BCUT2D eigenvalue weighted by molar-refractivity contribution is 4.83. The highest BCUT2D eigenvalue weighted by Gasteiger charge is 2.25. The summed E-state index contributed by atoms with van der Waals surface area (Å²) >= 11 is 0. The molecular weight excluding hydrogens is 172 g/mol. The second-order valence-electron chi connectivity index (χ2n) is 4.77. The molecule has 0 spiro atoms. The zero-order valence-corrected chi connectivity index (χ0v) is 9.81. The van der Waals surface area contributed by atoms with Crippen molar-refractivity contribution in [3.8, 4) is 0 Å². The Morgan fingerprint density at radius 3 is 2.21 bits per heavy atom. The molecule has 1 rings (SSSR count). The van der Waals surface area contributed by atoms with Crippen LogP contribution in [0.5, 0.6) is 0 Å². The predicted molar refractivity (Wildman–Crippen MR) is 62.3 cm³/mol. The summed E-state index contributed by atoms with van der Waals surface area (Å²) in [5.41, 5.74) is 6.22. The molecule has 0 bridgehead atoms. The molecule has 1 fully saturated rings. The normalized spacial score (nSPS) is 19.1. The van der Waals surface area contributed by atoms with Gasteiger partial charge in [0.15, 0.2) is 0 Å². The molecule has 2 heteroatoms. The lowest BCUT2D eigenvalue weighted by Gasteiger charge is -2.31. The average molecular weight is 198 g/mol. The van der Waals surface area contributed by atoms with Gasteiger partial charge in [-0.2, -0.15) is 0 Å². The molecule has 1 aliphatic carbocycles. The molecule has 0 heterocycles. The molecule has 0 amide bonds. The summed E-state index contributed by atoms with van der Waals surface area (Å²) in [6.07, 6.45) is 7.94. The number of nitrogens with two attached hydrogens (primary N) is 1. The third kappa shape index (κ3) is 2.96. The van der Waals surface area contributed by atoms with Gasteiger partial charge >= 0.3 is 0 Å². The zero-order valence-electron chi connectivity index (χ0n) is 9.81. The first-order chi connectivity index (χ1) is 6.76. The topological polar surface area (TPSA) is 38.0 Å². The third-order valence-electron chi connectivity index (χ3n) is 4.05. The van der Waals surface area contributed by atoms with E-state index >= 15 is 0 Å². The van der Waals surface area contributed by atoms with E-state index in [0.29, 0.717) is 5.41 Å². The van der Waals surface area contributed by atoms with Gasteiger partial charge in [-0.05, 0) is 37.6 Å². The molecular formula is C12H26N2.